The molecule has 178 valence electrons. The van der Waals surface area contributed by atoms with Crippen molar-refractivity contribution in [3.63, 3.8) is 0 Å². The van der Waals surface area contributed by atoms with Crippen LogP contribution < -0.4 is 9.47 Å². The third kappa shape index (κ3) is 6.14. The van der Waals surface area contributed by atoms with Crippen molar-refractivity contribution in [1.82, 2.24) is 4.90 Å². The number of rotatable bonds is 8. The molecule has 3 aromatic carbocycles. The molecule has 0 saturated carbocycles. The van der Waals surface area contributed by atoms with Crippen molar-refractivity contribution in [3.8, 4) is 11.5 Å². The summed E-state index contributed by atoms with van der Waals surface area (Å²) in [6, 6.07) is 19.3. The normalized spacial score (nSPS) is 14.5. The summed E-state index contributed by atoms with van der Waals surface area (Å²) in [6.45, 7) is 0.0165. The van der Waals surface area contributed by atoms with E-state index in [2.05, 4.69) is 15.9 Å². The largest absolute Gasteiger partial charge is 0.493 e. The molecule has 6 nitrogen and oxygen atoms in total. The molecule has 1 heterocycles. The number of hydrogen-bond donors (Lipinski definition) is 0. The second-order valence-corrected chi connectivity index (χ2v) is 9.87. The van der Waals surface area contributed by atoms with Crippen molar-refractivity contribution in [2.24, 2.45) is 0 Å². The number of hydrogen-bond acceptors (Lipinski definition) is 6. The highest BCUT2D eigenvalue weighted by Crippen LogP contribution is 2.35. The summed E-state index contributed by atoms with van der Waals surface area (Å²) >= 11 is 10.0. The fraction of sp³-hybridized carbons (Fsp3) is 0.115. The summed E-state index contributed by atoms with van der Waals surface area (Å²) in [5, 5.41) is 0.166. The van der Waals surface area contributed by atoms with E-state index >= 15 is 0 Å². The summed E-state index contributed by atoms with van der Waals surface area (Å²) in [5.41, 5.74) is 2.03. The van der Waals surface area contributed by atoms with Crippen LogP contribution in [-0.4, -0.2) is 35.5 Å². The molecule has 0 atom stereocenters. The van der Waals surface area contributed by atoms with Gasteiger partial charge in [-0.2, -0.15) is 0 Å². The lowest BCUT2D eigenvalue weighted by Gasteiger charge is -2.12. The lowest BCUT2D eigenvalue weighted by atomic mass is 10.1. The number of halogens is 2. The molecular formula is C26H19BrClNO5S. The number of ketones is 1. The van der Waals surface area contributed by atoms with Crippen LogP contribution in [0.3, 0.4) is 0 Å². The van der Waals surface area contributed by atoms with E-state index in [1.54, 1.807) is 60.7 Å². The van der Waals surface area contributed by atoms with Gasteiger partial charge in [-0.25, -0.2) is 0 Å². The molecule has 0 N–H and O–H groups in total. The van der Waals surface area contributed by atoms with Gasteiger partial charge in [0.05, 0.1) is 18.6 Å². The van der Waals surface area contributed by atoms with Crippen LogP contribution in [0.4, 0.5) is 4.79 Å². The van der Waals surface area contributed by atoms with Gasteiger partial charge in [0.15, 0.2) is 17.3 Å². The highest BCUT2D eigenvalue weighted by Gasteiger charge is 2.36. The molecule has 0 bridgehead atoms. The molecule has 3 aromatic rings. The summed E-state index contributed by atoms with van der Waals surface area (Å²) < 4.78 is 12.1. The maximum atomic E-state index is 12.8. The monoisotopic (exact) mass is 571 g/mol. The molecule has 2 amide bonds. The van der Waals surface area contributed by atoms with Crippen molar-refractivity contribution in [1.29, 1.82) is 0 Å². The van der Waals surface area contributed by atoms with E-state index in [4.69, 9.17) is 21.1 Å². The van der Waals surface area contributed by atoms with E-state index in [-0.39, 0.29) is 17.2 Å². The van der Waals surface area contributed by atoms with E-state index in [1.165, 1.54) is 7.11 Å². The number of methoxy groups -OCH3 is 1. The predicted octanol–water partition coefficient (Wildman–Crippen LogP) is 6.61. The number of carbonyl (C=O) groups excluding carboxylic acids is 3. The van der Waals surface area contributed by atoms with Crippen LogP contribution in [0.2, 0.25) is 5.02 Å². The van der Waals surface area contributed by atoms with Crippen molar-refractivity contribution >= 4 is 62.3 Å². The van der Waals surface area contributed by atoms with E-state index < -0.39 is 11.1 Å². The fourth-order valence-electron chi connectivity index (χ4n) is 3.29. The Bertz CT molecular complexity index is 1310. The zero-order valence-electron chi connectivity index (χ0n) is 18.5. The number of nitrogens with zero attached hydrogens (tertiary/aromatic N) is 1. The topological polar surface area (TPSA) is 72.9 Å². The molecule has 35 heavy (non-hydrogen) atoms. The fourth-order valence-corrected chi connectivity index (χ4v) is 4.52. The van der Waals surface area contributed by atoms with Gasteiger partial charge in [0, 0.05) is 15.1 Å². The molecule has 1 saturated heterocycles. The molecule has 0 unspecified atom stereocenters. The number of amides is 2. The van der Waals surface area contributed by atoms with Crippen molar-refractivity contribution in [2.45, 2.75) is 6.61 Å². The smallest absolute Gasteiger partial charge is 0.293 e. The van der Waals surface area contributed by atoms with Crippen LogP contribution in [0.1, 0.15) is 21.5 Å². The quantitative estimate of drug-likeness (QED) is 0.223. The summed E-state index contributed by atoms with van der Waals surface area (Å²) in [7, 11) is 1.52. The van der Waals surface area contributed by atoms with Crippen molar-refractivity contribution in [2.75, 3.05) is 13.7 Å². The van der Waals surface area contributed by atoms with Gasteiger partial charge in [-0.15, -0.1) is 0 Å². The second kappa shape index (κ2) is 11.1. The Balaban J connectivity index is 1.46. The molecule has 4 rings (SSSR count). The first-order valence-electron chi connectivity index (χ1n) is 10.4. The molecule has 0 spiro atoms. The highest BCUT2D eigenvalue weighted by molar-refractivity contribution is 9.10. The van der Waals surface area contributed by atoms with E-state index in [0.29, 0.717) is 34.3 Å². The average Bonchev–Trinajstić information content (AvgIpc) is 3.11. The first-order valence-corrected chi connectivity index (χ1v) is 12.4. The second-order valence-electron chi connectivity index (χ2n) is 7.52. The Kier molecular flexibility index (Phi) is 7.95. The van der Waals surface area contributed by atoms with Gasteiger partial charge in [-0.3, -0.25) is 19.3 Å². The lowest BCUT2D eigenvalue weighted by Crippen LogP contribution is -2.33. The van der Waals surface area contributed by atoms with Gasteiger partial charge in [0.2, 0.25) is 0 Å². The standard InChI is InChI=1S/C26H19BrClNO5S/c1-33-23-12-17(4-11-22(23)34-15-16-2-9-20(28)10-3-16)13-24-25(31)29(26(32)35-24)14-21(30)18-5-7-19(27)8-6-18/h2-13H,14-15H2,1H3/b24-13+. The van der Waals surface area contributed by atoms with E-state index in [9.17, 15) is 14.4 Å². The first-order chi connectivity index (χ1) is 16.8. The maximum absolute atomic E-state index is 12.8. The van der Waals surface area contributed by atoms with Gasteiger partial charge in [-0.05, 0) is 65.4 Å². The molecule has 0 aromatic heterocycles. The Morgan fingerprint density at radius 2 is 1.74 bits per heavy atom. The van der Waals surface area contributed by atoms with Gasteiger partial charge in [0.1, 0.15) is 6.61 Å². The number of thioether (sulfide) groups is 1. The first kappa shape index (κ1) is 25.0. The van der Waals surface area contributed by atoms with E-state index in [0.717, 1.165) is 26.7 Å². The van der Waals surface area contributed by atoms with Crippen LogP contribution in [0.5, 0.6) is 11.5 Å². The van der Waals surface area contributed by atoms with Crippen molar-refractivity contribution < 1.29 is 23.9 Å². The highest BCUT2D eigenvalue weighted by atomic mass is 79.9. The van der Waals surface area contributed by atoms with Crippen LogP contribution in [-0.2, 0) is 11.4 Å². The summed E-state index contributed by atoms with van der Waals surface area (Å²) in [6.07, 6.45) is 1.60. The molecule has 0 radical (unpaired) electrons. The van der Waals surface area contributed by atoms with Gasteiger partial charge < -0.3 is 9.47 Å². The average molecular weight is 573 g/mol. The van der Waals surface area contributed by atoms with Gasteiger partial charge in [-0.1, -0.05) is 57.9 Å². The number of Topliss-reactive ketones (excluding diaryl/α,β-unsaturated/α-hetero) is 1. The minimum absolute atomic E-state index is 0.232. The zero-order chi connectivity index (χ0) is 24.9. The summed E-state index contributed by atoms with van der Waals surface area (Å²) in [5.74, 6) is 0.197. The minimum atomic E-state index is -0.507. The SMILES string of the molecule is COc1cc(/C=C2/SC(=O)N(CC(=O)c3ccc(Br)cc3)C2=O)ccc1OCc1ccc(Cl)cc1. The Labute approximate surface area is 220 Å². The van der Waals surface area contributed by atoms with Gasteiger partial charge >= 0.3 is 0 Å². The lowest BCUT2D eigenvalue weighted by molar-refractivity contribution is -0.122. The Hall–Kier alpha value is -3.07. The van der Waals surface area contributed by atoms with Crippen LogP contribution in [0.25, 0.3) is 6.08 Å². The predicted molar refractivity (Wildman–Crippen MR) is 140 cm³/mol. The van der Waals surface area contributed by atoms with Gasteiger partial charge in [0.25, 0.3) is 11.1 Å². The molecule has 9 heteroatoms. The molecular weight excluding hydrogens is 554 g/mol. The summed E-state index contributed by atoms with van der Waals surface area (Å²) in [4.78, 5) is 39.0. The van der Waals surface area contributed by atoms with Crippen LogP contribution in [0, 0.1) is 0 Å². The number of carbonyl (C=O) groups is 3. The Morgan fingerprint density at radius 1 is 1.03 bits per heavy atom. The van der Waals surface area contributed by atoms with Crippen LogP contribution >= 0.6 is 39.3 Å². The number of benzene rings is 3. The molecule has 0 aliphatic carbocycles. The van der Waals surface area contributed by atoms with Crippen LogP contribution in [0.15, 0.2) is 76.1 Å². The molecule has 1 aliphatic rings. The Morgan fingerprint density at radius 3 is 2.43 bits per heavy atom. The molecule has 1 fully saturated rings. The zero-order valence-corrected chi connectivity index (χ0v) is 21.7. The molecule has 1 aliphatic heterocycles. The van der Waals surface area contributed by atoms with Crippen molar-refractivity contribution in [3.05, 3.63) is 97.8 Å². The number of ether oxygens (including phenoxy) is 2. The minimum Gasteiger partial charge on any atom is -0.493 e. The third-order valence-corrected chi connectivity index (χ3v) is 6.82. The third-order valence-electron chi connectivity index (χ3n) is 5.13. The number of imide groups is 1. The van der Waals surface area contributed by atoms with E-state index in [1.807, 2.05) is 12.1 Å². The maximum Gasteiger partial charge on any atom is 0.293 e.